The first-order valence-electron chi connectivity index (χ1n) is 8.36. The summed E-state index contributed by atoms with van der Waals surface area (Å²) in [5.74, 6) is 0.824. The van der Waals surface area contributed by atoms with E-state index in [-0.39, 0.29) is 22.5 Å². The summed E-state index contributed by atoms with van der Waals surface area (Å²) in [4.78, 5) is 13.1. The summed E-state index contributed by atoms with van der Waals surface area (Å²) in [7, 11) is 1.66. The van der Waals surface area contributed by atoms with E-state index in [0.717, 1.165) is 22.5 Å². The quantitative estimate of drug-likeness (QED) is 0.687. The number of allylic oxidation sites excluding steroid dienone is 5. The monoisotopic (exact) mass is 324 g/mol. The fourth-order valence-electron chi connectivity index (χ4n) is 2.93. The number of benzene rings is 1. The Morgan fingerprint density at radius 1 is 1.08 bits per heavy atom. The summed E-state index contributed by atoms with van der Waals surface area (Å²) in [6, 6.07) is 7.97. The maximum atomic E-state index is 13.1. The van der Waals surface area contributed by atoms with E-state index in [9.17, 15) is 4.79 Å². The van der Waals surface area contributed by atoms with Gasteiger partial charge in [-0.25, -0.2) is 0 Å². The number of ketones is 1. The van der Waals surface area contributed by atoms with Gasteiger partial charge in [-0.15, -0.1) is 6.58 Å². The number of carbonyl (C=O) groups is 1. The lowest BCUT2D eigenvalue weighted by molar-refractivity contribution is -0.120. The molecule has 1 aromatic rings. The normalized spacial score (nSPS) is 18.8. The summed E-state index contributed by atoms with van der Waals surface area (Å²) in [5.41, 5.74) is 2.56. The smallest absolute Gasteiger partial charge is 0.167 e. The fourth-order valence-corrected chi connectivity index (χ4v) is 2.93. The number of carbonyl (C=O) groups excluding carboxylic acids is 1. The zero-order valence-corrected chi connectivity index (χ0v) is 15.6. The first-order chi connectivity index (χ1) is 11.1. The van der Waals surface area contributed by atoms with Crippen LogP contribution in [-0.2, 0) is 4.79 Å². The van der Waals surface area contributed by atoms with Gasteiger partial charge >= 0.3 is 0 Å². The molecule has 0 amide bonds. The highest BCUT2D eigenvalue weighted by atomic mass is 16.5. The standard InChI is InChI=1S/C22H28O2/c1-8-22(5,6)19-14-16(13-18(20(19)23)21(2,3)4)15-9-11-17(24-7)12-10-15/h8-14,19H,1H2,2-7H3. The second-order valence-electron chi connectivity index (χ2n) is 8.03. The van der Waals surface area contributed by atoms with E-state index in [4.69, 9.17) is 4.74 Å². The van der Waals surface area contributed by atoms with E-state index >= 15 is 0 Å². The molecule has 0 radical (unpaired) electrons. The van der Waals surface area contributed by atoms with Crippen LogP contribution >= 0.6 is 0 Å². The molecule has 0 bridgehead atoms. The van der Waals surface area contributed by atoms with Gasteiger partial charge in [0, 0.05) is 11.5 Å². The van der Waals surface area contributed by atoms with Crippen molar-refractivity contribution in [2.45, 2.75) is 34.6 Å². The van der Waals surface area contributed by atoms with Crippen LogP contribution in [0.1, 0.15) is 40.2 Å². The highest BCUT2D eigenvalue weighted by Crippen LogP contribution is 2.42. The van der Waals surface area contributed by atoms with Crippen LogP contribution in [0.2, 0.25) is 0 Å². The molecule has 1 aliphatic carbocycles. The molecule has 0 fully saturated rings. The Bertz CT molecular complexity index is 694. The maximum Gasteiger partial charge on any atom is 0.167 e. The predicted octanol–water partition coefficient (Wildman–Crippen LogP) is 5.46. The third-order valence-corrected chi connectivity index (χ3v) is 4.75. The lowest BCUT2D eigenvalue weighted by Crippen LogP contribution is -2.34. The predicted molar refractivity (Wildman–Crippen MR) is 101 cm³/mol. The molecule has 0 spiro atoms. The number of methoxy groups -OCH3 is 1. The van der Waals surface area contributed by atoms with Gasteiger partial charge in [-0.3, -0.25) is 4.79 Å². The Labute approximate surface area is 145 Å². The van der Waals surface area contributed by atoms with Gasteiger partial charge < -0.3 is 4.74 Å². The van der Waals surface area contributed by atoms with Crippen molar-refractivity contribution in [2.75, 3.05) is 7.11 Å². The van der Waals surface area contributed by atoms with Gasteiger partial charge in [0.05, 0.1) is 7.11 Å². The van der Waals surface area contributed by atoms with Crippen molar-refractivity contribution in [1.29, 1.82) is 0 Å². The number of Topliss-reactive ketones (excluding diaryl/α,β-unsaturated/α-hetero) is 1. The molecule has 128 valence electrons. The van der Waals surface area contributed by atoms with Crippen molar-refractivity contribution in [2.24, 2.45) is 16.7 Å². The third kappa shape index (κ3) is 3.53. The minimum absolute atomic E-state index is 0.196. The SMILES string of the molecule is C=CC(C)(C)C1C=C(c2ccc(OC)cc2)C=C(C(C)(C)C)C1=O. The van der Waals surface area contributed by atoms with E-state index in [0.29, 0.717) is 0 Å². The lowest BCUT2D eigenvalue weighted by atomic mass is 9.67. The number of rotatable bonds is 4. The van der Waals surface area contributed by atoms with Crippen molar-refractivity contribution in [1.82, 2.24) is 0 Å². The molecule has 1 unspecified atom stereocenters. The van der Waals surface area contributed by atoms with Gasteiger partial charge in [0.15, 0.2) is 5.78 Å². The highest BCUT2D eigenvalue weighted by Gasteiger charge is 2.38. The van der Waals surface area contributed by atoms with Crippen LogP contribution < -0.4 is 4.74 Å². The van der Waals surface area contributed by atoms with Crippen LogP contribution in [0.4, 0.5) is 0 Å². The van der Waals surface area contributed by atoms with Gasteiger partial charge in [-0.05, 0) is 40.2 Å². The third-order valence-electron chi connectivity index (χ3n) is 4.75. The molecule has 1 atom stereocenters. The second kappa shape index (κ2) is 6.43. The number of ether oxygens (including phenoxy) is 1. The van der Waals surface area contributed by atoms with Crippen LogP contribution in [0.3, 0.4) is 0 Å². The van der Waals surface area contributed by atoms with E-state index in [2.05, 4.69) is 47.3 Å². The summed E-state index contributed by atoms with van der Waals surface area (Å²) in [5, 5.41) is 0. The molecule has 2 heteroatoms. The molecule has 1 aromatic carbocycles. The molecule has 0 saturated carbocycles. The van der Waals surface area contributed by atoms with Crippen molar-refractivity contribution in [3.8, 4) is 5.75 Å². The minimum atomic E-state index is -0.292. The Kier molecular flexibility index (Phi) is 4.89. The molecule has 0 aliphatic heterocycles. The molecule has 2 rings (SSSR count). The summed E-state index contributed by atoms with van der Waals surface area (Å²) < 4.78 is 5.24. The topological polar surface area (TPSA) is 26.3 Å². The van der Waals surface area contributed by atoms with Gasteiger partial charge in [-0.1, -0.05) is 58.9 Å². The molecule has 24 heavy (non-hydrogen) atoms. The number of hydrogen-bond donors (Lipinski definition) is 0. The molecule has 1 aliphatic rings. The van der Waals surface area contributed by atoms with Crippen molar-refractivity contribution in [3.63, 3.8) is 0 Å². The van der Waals surface area contributed by atoms with E-state index in [1.165, 1.54) is 0 Å². The molecule has 0 N–H and O–H groups in total. The Morgan fingerprint density at radius 2 is 1.67 bits per heavy atom. The van der Waals surface area contributed by atoms with Crippen LogP contribution in [0.25, 0.3) is 5.57 Å². The first kappa shape index (κ1) is 18.3. The van der Waals surface area contributed by atoms with E-state index < -0.39 is 0 Å². The van der Waals surface area contributed by atoms with Gasteiger partial charge in [0.25, 0.3) is 0 Å². The largest absolute Gasteiger partial charge is 0.497 e. The molecule has 0 heterocycles. The Morgan fingerprint density at radius 3 is 2.12 bits per heavy atom. The second-order valence-corrected chi connectivity index (χ2v) is 8.03. The van der Waals surface area contributed by atoms with Gasteiger partial charge in [0.2, 0.25) is 0 Å². The van der Waals surface area contributed by atoms with Gasteiger partial charge in [-0.2, -0.15) is 0 Å². The minimum Gasteiger partial charge on any atom is -0.497 e. The first-order valence-corrected chi connectivity index (χ1v) is 8.36. The molecular formula is C22H28O2. The molecular weight excluding hydrogens is 296 g/mol. The lowest BCUT2D eigenvalue weighted by Gasteiger charge is -2.35. The van der Waals surface area contributed by atoms with E-state index in [1.807, 2.05) is 36.4 Å². The van der Waals surface area contributed by atoms with Crippen molar-refractivity contribution in [3.05, 3.63) is 60.2 Å². The molecule has 2 nitrogen and oxygen atoms in total. The van der Waals surface area contributed by atoms with Crippen LogP contribution in [0.15, 0.2) is 54.6 Å². The van der Waals surface area contributed by atoms with Crippen LogP contribution in [0, 0.1) is 16.7 Å². The zero-order chi connectivity index (χ0) is 18.1. The van der Waals surface area contributed by atoms with Crippen LogP contribution in [-0.4, -0.2) is 12.9 Å². The fraction of sp³-hybridized carbons (Fsp3) is 0.409. The zero-order valence-electron chi connectivity index (χ0n) is 15.6. The van der Waals surface area contributed by atoms with Crippen molar-refractivity contribution >= 4 is 11.4 Å². The average molecular weight is 324 g/mol. The summed E-state index contributed by atoms with van der Waals surface area (Å²) in [6.45, 7) is 14.3. The average Bonchev–Trinajstić information content (AvgIpc) is 2.54. The maximum absolute atomic E-state index is 13.1. The van der Waals surface area contributed by atoms with Crippen LogP contribution in [0.5, 0.6) is 5.75 Å². The Balaban J connectivity index is 2.57. The van der Waals surface area contributed by atoms with Crippen molar-refractivity contribution < 1.29 is 9.53 Å². The molecule has 0 aromatic heterocycles. The summed E-state index contributed by atoms with van der Waals surface area (Å²) in [6.07, 6.45) is 6.00. The van der Waals surface area contributed by atoms with Gasteiger partial charge in [0.1, 0.15) is 5.75 Å². The summed E-state index contributed by atoms with van der Waals surface area (Å²) >= 11 is 0. The molecule has 0 saturated heterocycles. The number of hydrogen-bond acceptors (Lipinski definition) is 2. The van der Waals surface area contributed by atoms with E-state index in [1.54, 1.807) is 7.11 Å². The Hall–Kier alpha value is -2.09. The highest BCUT2D eigenvalue weighted by molar-refractivity contribution is 6.05.